The Morgan fingerprint density at radius 3 is 1.90 bits per heavy atom. The number of hydrogen-bond donors (Lipinski definition) is 0. The van der Waals surface area contributed by atoms with Crippen molar-refractivity contribution in [3.05, 3.63) is 70.8 Å². The molecule has 0 unspecified atom stereocenters. The highest BCUT2D eigenvalue weighted by Gasteiger charge is 2.18. The molecule has 0 bridgehead atoms. The summed E-state index contributed by atoms with van der Waals surface area (Å²) in [6.45, 7) is 0.786. The van der Waals surface area contributed by atoms with Gasteiger partial charge in [-0.3, -0.25) is 4.90 Å². The van der Waals surface area contributed by atoms with Crippen LogP contribution in [0.2, 0.25) is 0 Å². The van der Waals surface area contributed by atoms with E-state index < -0.39 is 0 Å². The third-order valence-electron chi connectivity index (χ3n) is 3.70. The number of benzene rings is 2. The molecule has 0 fully saturated rings. The lowest BCUT2D eigenvalue weighted by Gasteiger charge is -2.15. The molecule has 21 heavy (non-hydrogen) atoms. The van der Waals surface area contributed by atoms with Crippen molar-refractivity contribution < 1.29 is 0 Å². The summed E-state index contributed by atoms with van der Waals surface area (Å²) < 4.78 is 0. The van der Waals surface area contributed by atoms with Gasteiger partial charge in [-0.15, -0.1) is 0 Å². The fourth-order valence-corrected chi connectivity index (χ4v) is 2.66. The van der Waals surface area contributed by atoms with Gasteiger partial charge in [0.1, 0.15) is 0 Å². The zero-order valence-electron chi connectivity index (χ0n) is 12.5. The molecule has 0 saturated carbocycles. The van der Waals surface area contributed by atoms with Gasteiger partial charge in [-0.2, -0.15) is 0 Å². The quantitative estimate of drug-likeness (QED) is 0.713. The summed E-state index contributed by atoms with van der Waals surface area (Å²) in [5.74, 6) is 6.93. The normalized spacial score (nSPS) is 13.1. The fourth-order valence-electron chi connectivity index (χ4n) is 2.66. The summed E-state index contributed by atoms with van der Waals surface area (Å²) in [5.41, 5.74) is 5.12. The third kappa shape index (κ3) is 2.91. The average Bonchev–Trinajstić information content (AvgIpc) is 2.65. The van der Waals surface area contributed by atoms with Crippen LogP contribution in [0, 0.1) is 11.8 Å². The van der Waals surface area contributed by atoms with Gasteiger partial charge in [0.15, 0.2) is 0 Å². The smallest absolute Gasteiger partial charge is 0.0714 e. The predicted molar refractivity (Wildman–Crippen MR) is 90.0 cm³/mol. The van der Waals surface area contributed by atoms with Crippen molar-refractivity contribution in [3.8, 4) is 11.8 Å². The molecule has 1 nitrogen and oxygen atoms in total. The van der Waals surface area contributed by atoms with Crippen LogP contribution in [-0.2, 0) is 0 Å². The molecule has 0 aromatic heterocycles. The molecule has 0 heterocycles. The monoisotopic (exact) mass is 273 g/mol. The highest BCUT2D eigenvalue weighted by atomic mass is 15.0. The highest BCUT2D eigenvalue weighted by molar-refractivity contribution is 5.77. The Kier molecular flexibility index (Phi) is 3.90. The Bertz CT molecular complexity index is 679. The van der Waals surface area contributed by atoms with E-state index in [4.69, 9.17) is 0 Å². The van der Waals surface area contributed by atoms with Crippen LogP contribution in [0.4, 0.5) is 0 Å². The maximum absolute atomic E-state index is 3.47. The number of nitrogens with zero attached hydrogens (tertiary/aromatic N) is 1. The zero-order chi connectivity index (χ0) is 14.7. The Morgan fingerprint density at radius 1 is 0.857 bits per heavy atom. The molecular weight excluding hydrogens is 254 g/mol. The van der Waals surface area contributed by atoms with Crippen molar-refractivity contribution in [2.75, 3.05) is 20.6 Å². The van der Waals surface area contributed by atoms with Crippen LogP contribution in [0.1, 0.15) is 28.2 Å². The van der Waals surface area contributed by atoms with E-state index in [2.05, 4.69) is 77.4 Å². The fraction of sp³-hybridized carbons (Fsp3) is 0.200. The predicted octanol–water partition coefficient (Wildman–Crippen LogP) is 3.87. The van der Waals surface area contributed by atoms with Crippen molar-refractivity contribution in [1.29, 1.82) is 0 Å². The van der Waals surface area contributed by atoms with Gasteiger partial charge < -0.3 is 0 Å². The van der Waals surface area contributed by atoms with Gasteiger partial charge in [0.2, 0.25) is 0 Å². The summed E-state index contributed by atoms with van der Waals surface area (Å²) in [6, 6.07) is 17.1. The first kappa shape index (κ1) is 13.7. The standard InChI is InChI=1S/C20H19N/c1-21(2)15-7-12-20-18-10-5-3-8-16(18)13-14-17-9-4-6-11-19(17)20/h3-6,8-11,13-14,20H,15H2,1-2H3. The third-order valence-corrected chi connectivity index (χ3v) is 3.70. The Labute approximate surface area is 126 Å². The molecular formula is C20H19N. The Morgan fingerprint density at radius 2 is 1.38 bits per heavy atom. The van der Waals surface area contributed by atoms with Gasteiger partial charge >= 0.3 is 0 Å². The summed E-state index contributed by atoms with van der Waals surface area (Å²) in [5, 5.41) is 0. The second-order valence-corrected chi connectivity index (χ2v) is 5.58. The first-order valence-corrected chi connectivity index (χ1v) is 7.25. The van der Waals surface area contributed by atoms with Crippen molar-refractivity contribution in [2.45, 2.75) is 5.92 Å². The molecule has 0 aliphatic heterocycles. The second kappa shape index (κ2) is 5.99. The number of fused-ring (bicyclic) bond motifs is 2. The maximum atomic E-state index is 3.47. The van der Waals surface area contributed by atoms with Crippen LogP contribution in [0.5, 0.6) is 0 Å². The average molecular weight is 273 g/mol. The highest BCUT2D eigenvalue weighted by Crippen LogP contribution is 2.33. The number of hydrogen-bond acceptors (Lipinski definition) is 1. The van der Waals surface area contributed by atoms with Crippen molar-refractivity contribution in [1.82, 2.24) is 4.90 Å². The summed E-state index contributed by atoms with van der Waals surface area (Å²) in [7, 11) is 4.09. The SMILES string of the molecule is CN(C)CC#CC1c2ccccc2C=Cc2ccccc21. The number of rotatable bonds is 1. The van der Waals surface area contributed by atoms with Crippen molar-refractivity contribution in [2.24, 2.45) is 0 Å². The molecule has 2 aromatic carbocycles. The topological polar surface area (TPSA) is 3.24 Å². The molecule has 0 radical (unpaired) electrons. The molecule has 1 aliphatic rings. The first-order chi connectivity index (χ1) is 10.3. The van der Waals surface area contributed by atoms with Crippen LogP contribution in [0.3, 0.4) is 0 Å². The van der Waals surface area contributed by atoms with Gasteiger partial charge in [0.05, 0.1) is 12.5 Å². The lowest BCUT2D eigenvalue weighted by molar-refractivity contribution is 0.463. The molecule has 104 valence electrons. The summed E-state index contributed by atoms with van der Waals surface area (Å²) in [4.78, 5) is 2.10. The summed E-state index contributed by atoms with van der Waals surface area (Å²) in [6.07, 6.45) is 4.39. The van der Waals surface area contributed by atoms with E-state index >= 15 is 0 Å². The molecule has 0 saturated heterocycles. The van der Waals surface area contributed by atoms with Gasteiger partial charge in [-0.1, -0.05) is 72.5 Å². The van der Waals surface area contributed by atoms with E-state index in [0.29, 0.717) is 0 Å². The van der Waals surface area contributed by atoms with E-state index in [0.717, 1.165) is 6.54 Å². The molecule has 1 heteroatoms. The lowest BCUT2D eigenvalue weighted by Crippen LogP contribution is -2.11. The van der Waals surface area contributed by atoms with E-state index in [-0.39, 0.29) is 5.92 Å². The molecule has 0 N–H and O–H groups in total. The molecule has 0 atom stereocenters. The van der Waals surface area contributed by atoms with Gasteiger partial charge in [-0.25, -0.2) is 0 Å². The molecule has 3 rings (SSSR count). The Hall–Kier alpha value is -2.30. The largest absolute Gasteiger partial charge is 0.299 e. The Balaban J connectivity index is 2.12. The van der Waals surface area contributed by atoms with Crippen LogP contribution in [-0.4, -0.2) is 25.5 Å². The first-order valence-electron chi connectivity index (χ1n) is 7.25. The summed E-state index contributed by atoms with van der Waals surface area (Å²) >= 11 is 0. The van der Waals surface area contributed by atoms with E-state index in [9.17, 15) is 0 Å². The van der Waals surface area contributed by atoms with Crippen LogP contribution in [0.25, 0.3) is 12.2 Å². The van der Waals surface area contributed by atoms with Crippen LogP contribution < -0.4 is 0 Å². The van der Waals surface area contributed by atoms with Crippen molar-refractivity contribution in [3.63, 3.8) is 0 Å². The lowest BCUT2D eigenvalue weighted by atomic mass is 9.88. The molecule has 0 amide bonds. The van der Waals surface area contributed by atoms with Crippen LogP contribution >= 0.6 is 0 Å². The van der Waals surface area contributed by atoms with E-state index in [1.807, 2.05) is 14.1 Å². The van der Waals surface area contributed by atoms with Crippen molar-refractivity contribution >= 4 is 12.2 Å². The molecule has 1 aliphatic carbocycles. The minimum atomic E-state index is 0.146. The van der Waals surface area contributed by atoms with E-state index in [1.54, 1.807) is 0 Å². The minimum Gasteiger partial charge on any atom is -0.299 e. The maximum Gasteiger partial charge on any atom is 0.0714 e. The second-order valence-electron chi connectivity index (χ2n) is 5.58. The zero-order valence-corrected chi connectivity index (χ0v) is 12.5. The molecule has 0 spiro atoms. The van der Waals surface area contributed by atoms with Crippen LogP contribution in [0.15, 0.2) is 48.5 Å². The van der Waals surface area contributed by atoms with Gasteiger partial charge in [-0.05, 0) is 36.3 Å². The molecule has 2 aromatic rings. The van der Waals surface area contributed by atoms with Gasteiger partial charge in [0.25, 0.3) is 0 Å². The van der Waals surface area contributed by atoms with E-state index in [1.165, 1.54) is 22.3 Å². The van der Waals surface area contributed by atoms with Gasteiger partial charge in [0, 0.05) is 0 Å². The minimum absolute atomic E-state index is 0.146.